The first kappa shape index (κ1) is 20.0. The summed E-state index contributed by atoms with van der Waals surface area (Å²) >= 11 is 1.79. The lowest BCUT2D eigenvalue weighted by Crippen LogP contribution is -2.43. The molecule has 2 aliphatic carbocycles. The van der Waals surface area contributed by atoms with Gasteiger partial charge in [-0.1, -0.05) is 52.0 Å². The highest BCUT2D eigenvalue weighted by molar-refractivity contribution is 7.98. The van der Waals surface area contributed by atoms with E-state index in [0.29, 0.717) is 5.75 Å². The van der Waals surface area contributed by atoms with Crippen LogP contribution in [0, 0.1) is 17.8 Å². The predicted octanol–water partition coefficient (Wildman–Crippen LogP) is 8.08. The van der Waals surface area contributed by atoms with Crippen molar-refractivity contribution in [1.29, 1.82) is 0 Å². The maximum Gasteiger partial charge on any atom is 0.123 e. The summed E-state index contributed by atoms with van der Waals surface area (Å²) in [6.07, 6.45) is 5.62. The summed E-state index contributed by atoms with van der Waals surface area (Å²) in [5.74, 6) is 0.424. The molecule has 30 heavy (non-hydrogen) atoms. The molecule has 5 rings (SSSR count). The molecule has 156 valence electrons. The molecular weight excluding hydrogens is 384 g/mol. The Labute approximate surface area is 184 Å². The minimum atomic E-state index is -0.0345. The molecule has 0 amide bonds. The van der Waals surface area contributed by atoms with E-state index in [0.717, 1.165) is 18.2 Å². The van der Waals surface area contributed by atoms with Gasteiger partial charge in [0.05, 0.1) is 0 Å². The number of phenols is 1. The third-order valence-electron chi connectivity index (χ3n) is 7.38. The molecular formula is C28H32OS. The molecule has 0 atom stereocenters. The van der Waals surface area contributed by atoms with Gasteiger partial charge in [-0.05, 0) is 94.7 Å². The average Bonchev–Trinajstić information content (AvgIpc) is 2.88. The van der Waals surface area contributed by atoms with E-state index >= 15 is 0 Å². The van der Waals surface area contributed by atoms with E-state index in [9.17, 15) is 5.11 Å². The highest BCUT2D eigenvalue weighted by Gasteiger charge is 2.53. The van der Waals surface area contributed by atoms with Crippen LogP contribution in [0.5, 0.6) is 5.75 Å². The molecule has 1 fully saturated rings. The van der Waals surface area contributed by atoms with Crippen LogP contribution >= 0.6 is 11.8 Å². The normalized spacial score (nSPS) is 20.3. The first-order chi connectivity index (χ1) is 14.1. The average molecular weight is 417 g/mol. The van der Waals surface area contributed by atoms with E-state index in [1.807, 2.05) is 0 Å². The number of fused-ring (bicyclic) bond motifs is 7. The van der Waals surface area contributed by atoms with Crippen molar-refractivity contribution in [2.75, 3.05) is 6.26 Å². The Bertz CT molecular complexity index is 1170. The predicted molar refractivity (Wildman–Crippen MR) is 130 cm³/mol. The number of benzene rings is 3. The molecule has 3 aromatic carbocycles. The molecule has 1 saturated carbocycles. The Balaban J connectivity index is 1.91. The van der Waals surface area contributed by atoms with Crippen LogP contribution in [0.4, 0.5) is 0 Å². The Kier molecular flexibility index (Phi) is 4.20. The van der Waals surface area contributed by atoms with E-state index in [4.69, 9.17) is 0 Å². The Morgan fingerprint density at radius 2 is 1.50 bits per heavy atom. The standard InChI is InChI=1S/C28H32OS/c1-17-11-19-20(12-24(17)30-6)25-18-9-7-8-10-21(18)28(22(25)13-23(19)29)15-26(2,3)14-27(4,5)16-28/h7-13,29H,14-16H2,1-6H3. The van der Waals surface area contributed by atoms with Gasteiger partial charge in [0, 0.05) is 15.7 Å². The fraction of sp³-hybridized carbons (Fsp3) is 0.429. The number of rotatable bonds is 1. The summed E-state index contributed by atoms with van der Waals surface area (Å²) < 4.78 is 0. The first-order valence-corrected chi connectivity index (χ1v) is 12.2. The van der Waals surface area contributed by atoms with E-state index in [1.54, 1.807) is 11.8 Å². The smallest absolute Gasteiger partial charge is 0.123 e. The van der Waals surface area contributed by atoms with Crippen LogP contribution in [-0.4, -0.2) is 11.4 Å². The van der Waals surface area contributed by atoms with Crippen LogP contribution < -0.4 is 0 Å². The Morgan fingerprint density at radius 3 is 2.17 bits per heavy atom. The van der Waals surface area contributed by atoms with E-state index in [-0.39, 0.29) is 16.2 Å². The Hall–Kier alpha value is -1.93. The topological polar surface area (TPSA) is 20.2 Å². The van der Waals surface area contributed by atoms with Crippen LogP contribution in [0.1, 0.15) is 63.6 Å². The van der Waals surface area contributed by atoms with Crippen molar-refractivity contribution in [1.82, 2.24) is 0 Å². The maximum atomic E-state index is 11.2. The van der Waals surface area contributed by atoms with Crippen molar-refractivity contribution in [3.8, 4) is 16.9 Å². The van der Waals surface area contributed by atoms with Gasteiger partial charge in [-0.2, -0.15) is 0 Å². The van der Waals surface area contributed by atoms with Crippen molar-refractivity contribution in [2.45, 2.75) is 64.2 Å². The number of aryl methyl sites for hydroxylation is 1. The Morgan fingerprint density at radius 1 is 0.833 bits per heavy atom. The monoisotopic (exact) mass is 416 g/mol. The van der Waals surface area contributed by atoms with Crippen molar-refractivity contribution >= 4 is 22.5 Å². The molecule has 1 nitrogen and oxygen atoms in total. The molecule has 0 heterocycles. The third kappa shape index (κ3) is 2.76. The summed E-state index contributed by atoms with van der Waals surface area (Å²) in [7, 11) is 0. The minimum Gasteiger partial charge on any atom is -0.507 e. The van der Waals surface area contributed by atoms with Crippen molar-refractivity contribution in [3.05, 3.63) is 59.2 Å². The molecule has 1 N–H and O–H groups in total. The highest BCUT2D eigenvalue weighted by Crippen LogP contribution is 2.64. The molecule has 1 spiro atoms. The van der Waals surface area contributed by atoms with Gasteiger partial charge in [0.15, 0.2) is 0 Å². The summed E-state index contributed by atoms with van der Waals surface area (Å²) in [5, 5.41) is 13.3. The van der Waals surface area contributed by atoms with Crippen LogP contribution in [0.15, 0.2) is 47.4 Å². The first-order valence-electron chi connectivity index (χ1n) is 11.0. The lowest BCUT2D eigenvalue weighted by atomic mass is 9.52. The van der Waals surface area contributed by atoms with Gasteiger partial charge in [-0.15, -0.1) is 11.8 Å². The zero-order valence-electron chi connectivity index (χ0n) is 19.0. The number of thioether (sulfide) groups is 1. The van der Waals surface area contributed by atoms with Crippen LogP contribution in [-0.2, 0) is 5.41 Å². The van der Waals surface area contributed by atoms with Crippen LogP contribution in [0.3, 0.4) is 0 Å². The zero-order valence-corrected chi connectivity index (χ0v) is 19.8. The molecule has 0 saturated heterocycles. The van der Waals surface area contributed by atoms with Crippen molar-refractivity contribution in [3.63, 3.8) is 0 Å². The number of phenolic OH excluding ortho intramolecular Hbond substituents is 1. The van der Waals surface area contributed by atoms with Crippen LogP contribution in [0.2, 0.25) is 0 Å². The molecule has 0 aliphatic heterocycles. The van der Waals surface area contributed by atoms with E-state index < -0.39 is 0 Å². The second kappa shape index (κ2) is 6.29. The van der Waals surface area contributed by atoms with Gasteiger partial charge in [0.1, 0.15) is 5.75 Å². The fourth-order valence-electron chi connectivity index (χ4n) is 7.19. The van der Waals surface area contributed by atoms with Gasteiger partial charge in [0.2, 0.25) is 0 Å². The van der Waals surface area contributed by atoms with Gasteiger partial charge >= 0.3 is 0 Å². The fourth-order valence-corrected chi connectivity index (χ4v) is 7.80. The second-order valence-corrected chi connectivity index (χ2v) is 12.0. The zero-order chi connectivity index (χ0) is 21.5. The van der Waals surface area contributed by atoms with Gasteiger partial charge < -0.3 is 5.11 Å². The number of hydrogen-bond donors (Lipinski definition) is 1. The van der Waals surface area contributed by atoms with Gasteiger partial charge in [-0.3, -0.25) is 0 Å². The summed E-state index contributed by atoms with van der Waals surface area (Å²) in [6, 6.07) is 15.6. The third-order valence-corrected chi connectivity index (χ3v) is 8.26. The summed E-state index contributed by atoms with van der Waals surface area (Å²) in [5.41, 5.74) is 7.20. The van der Waals surface area contributed by atoms with E-state index in [2.05, 4.69) is 83.3 Å². The molecule has 0 radical (unpaired) electrons. The van der Waals surface area contributed by atoms with Gasteiger partial charge in [0.25, 0.3) is 0 Å². The summed E-state index contributed by atoms with van der Waals surface area (Å²) in [6.45, 7) is 11.8. The molecule has 0 unspecified atom stereocenters. The minimum absolute atomic E-state index is 0.0345. The molecule has 2 aliphatic rings. The quantitative estimate of drug-likeness (QED) is 0.405. The van der Waals surface area contributed by atoms with Crippen molar-refractivity contribution < 1.29 is 5.11 Å². The molecule has 0 bridgehead atoms. The second-order valence-electron chi connectivity index (χ2n) is 11.2. The molecule has 2 heteroatoms. The number of hydrogen-bond acceptors (Lipinski definition) is 2. The van der Waals surface area contributed by atoms with Gasteiger partial charge in [-0.25, -0.2) is 0 Å². The lowest BCUT2D eigenvalue weighted by Gasteiger charge is -2.51. The molecule has 3 aromatic rings. The SMILES string of the molecule is CSc1cc2c3c(cc(O)c2cc1C)C1(CC(C)(C)CC(C)(C)C1)c1ccccc1-3. The largest absolute Gasteiger partial charge is 0.507 e. The van der Waals surface area contributed by atoms with Crippen LogP contribution in [0.25, 0.3) is 21.9 Å². The lowest BCUT2D eigenvalue weighted by molar-refractivity contribution is 0.0645. The maximum absolute atomic E-state index is 11.2. The molecule has 0 aromatic heterocycles. The van der Waals surface area contributed by atoms with E-state index in [1.165, 1.54) is 44.5 Å². The number of aromatic hydroxyl groups is 1. The summed E-state index contributed by atoms with van der Waals surface area (Å²) in [4.78, 5) is 1.29. The highest BCUT2D eigenvalue weighted by atomic mass is 32.2. The van der Waals surface area contributed by atoms with Crippen molar-refractivity contribution in [2.24, 2.45) is 10.8 Å².